The monoisotopic (exact) mass is 475 g/mol. The van der Waals surface area contributed by atoms with Gasteiger partial charge in [-0.25, -0.2) is 0 Å². The first kappa shape index (κ1) is 23.5. The van der Waals surface area contributed by atoms with Crippen LogP contribution < -0.4 is 5.32 Å². The Labute approximate surface area is 212 Å². The Morgan fingerprint density at radius 2 is 1.11 bits per heavy atom. The molecule has 1 saturated heterocycles. The summed E-state index contributed by atoms with van der Waals surface area (Å²) in [5, 5.41) is 2.92. The predicted octanol–water partition coefficient (Wildman–Crippen LogP) is 5.49. The van der Waals surface area contributed by atoms with E-state index in [1.165, 1.54) is 11.1 Å². The predicted molar refractivity (Wildman–Crippen MR) is 143 cm³/mol. The Morgan fingerprint density at radius 3 is 1.69 bits per heavy atom. The van der Waals surface area contributed by atoms with Gasteiger partial charge in [-0.2, -0.15) is 0 Å². The molecule has 5 nitrogen and oxygen atoms in total. The molecule has 1 aliphatic heterocycles. The molecule has 0 radical (unpaired) electrons. The second-order valence-corrected chi connectivity index (χ2v) is 8.92. The molecule has 36 heavy (non-hydrogen) atoms. The number of rotatable bonds is 6. The average Bonchev–Trinajstić information content (AvgIpc) is 2.95. The Balaban J connectivity index is 1.30. The normalized spacial score (nSPS) is 14.0. The van der Waals surface area contributed by atoms with Crippen molar-refractivity contribution in [3.63, 3.8) is 0 Å². The van der Waals surface area contributed by atoms with Crippen LogP contribution >= 0.6 is 0 Å². The molecular formula is C31H29N3O2. The van der Waals surface area contributed by atoms with Crippen LogP contribution in [0, 0.1) is 0 Å². The van der Waals surface area contributed by atoms with Gasteiger partial charge in [-0.05, 0) is 35.4 Å². The summed E-state index contributed by atoms with van der Waals surface area (Å²) in [6, 6.07) is 37.5. The molecule has 1 aliphatic rings. The van der Waals surface area contributed by atoms with Gasteiger partial charge in [0, 0.05) is 31.7 Å². The maximum atomic E-state index is 13.5. The number of hydrogen-bond acceptors (Lipinski definition) is 3. The zero-order valence-electron chi connectivity index (χ0n) is 20.1. The number of carbonyl (C=O) groups excluding carboxylic acids is 2. The summed E-state index contributed by atoms with van der Waals surface area (Å²) in [4.78, 5) is 30.5. The number of para-hydroxylation sites is 1. The van der Waals surface area contributed by atoms with E-state index in [0.29, 0.717) is 29.9 Å². The average molecular weight is 476 g/mol. The van der Waals surface area contributed by atoms with Crippen molar-refractivity contribution in [1.29, 1.82) is 0 Å². The van der Waals surface area contributed by atoms with Crippen LogP contribution in [-0.4, -0.2) is 47.8 Å². The summed E-state index contributed by atoms with van der Waals surface area (Å²) in [5.74, 6) is -0.288. The van der Waals surface area contributed by atoms with Crippen molar-refractivity contribution in [2.24, 2.45) is 0 Å². The molecule has 2 amide bonds. The number of piperazine rings is 1. The van der Waals surface area contributed by atoms with Gasteiger partial charge in [-0.3, -0.25) is 14.5 Å². The zero-order valence-corrected chi connectivity index (χ0v) is 20.1. The van der Waals surface area contributed by atoms with Crippen LogP contribution in [0.2, 0.25) is 0 Å². The van der Waals surface area contributed by atoms with Crippen LogP contribution in [0.4, 0.5) is 5.69 Å². The van der Waals surface area contributed by atoms with Crippen LogP contribution in [0.25, 0.3) is 0 Å². The summed E-state index contributed by atoms with van der Waals surface area (Å²) in [6.07, 6.45) is 0. The molecular weight excluding hydrogens is 446 g/mol. The molecule has 0 aliphatic carbocycles. The lowest BCUT2D eigenvalue weighted by Crippen LogP contribution is -2.50. The topological polar surface area (TPSA) is 52.7 Å². The zero-order chi connectivity index (χ0) is 24.7. The molecule has 0 spiro atoms. The number of hydrogen-bond donors (Lipinski definition) is 1. The quantitative estimate of drug-likeness (QED) is 0.401. The van der Waals surface area contributed by atoms with Gasteiger partial charge in [0.15, 0.2) is 0 Å². The van der Waals surface area contributed by atoms with Gasteiger partial charge in [0.2, 0.25) is 0 Å². The third-order valence-electron chi connectivity index (χ3n) is 6.64. The van der Waals surface area contributed by atoms with Gasteiger partial charge in [0.05, 0.1) is 17.3 Å². The highest BCUT2D eigenvalue weighted by Gasteiger charge is 2.29. The molecule has 4 aromatic rings. The Hall–Kier alpha value is -4.22. The molecule has 0 atom stereocenters. The van der Waals surface area contributed by atoms with Crippen molar-refractivity contribution in [2.75, 3.05) is 31.5 Å². The van der Waals surface area contributed by atoms with Gasteiger partial charge in [-0.15, -0.1) is 0 Å². The Bertz CT molecular complexity index is 1260. The number of nitrogens with one attached hydrogen (secondary N) is 1. The van der Waals surface area contributed by atoms with Crippen molar-refractivity contribution < 1.29 is 9.59 Å². The van der Waals surface area contributed by atoms with Crippen molar-refractivity contribution in [3.05, 3.63) is 138 Å². The number of benzene rings is 4. The standard InChI is InChI=1S/C31H29N3O2/c35-30(26-16-8-3-9-17-26)32-28-19-11-10-18-27(28)31(36)34-22-20-33(21-23-34)29(24-12-4-1-5-13-24)25-14-6-2-7-15-25/h1-19,29H,20-23H2,(H,32,35). The van der Waals surface area contributed by atoms with Crippen molar-refractivity contribution in [3.8, 4) is 0 Å². The van der Waals surface area contributed by atoms with Crippen molar-refractivity contribution in [2.45, 2.75) is 6.04 Å². The van der Waals surface area contributed by atoms with Crippen LogP contribution in [0.5, 0.6) is 0 Å². The molecule has 0 bridgehead atoms. The van der Waals surface area contributed by atoms with E-state index in [9.17, 15) is 9.59 Å². The molecule has 0 unspecified atom stereocenters. The fraction of sp³-hybridized carbons (Fsp3) is 0.161. The number of amides is 2. The second-order valence-electron chi connectivity index (χ2n) is 8.92. The smallest absolute Gasteiger partial charge is 0.256 e. The molecule has 1 fully saturated rings. The first-order valence-electron chi connectivity index (χ1n) is 12.3. The van der Waals surface area contributed by atoms with E-state index in [2.05, 4.69) is 58.7 Å². The lowest BCUT2D eigenvalue weighted by molar-refractivity contribution is 0.0598. The largest absolute Gasteiger partial charge is 0.336 e. The van der Waals surface area contributed by atoms with Crippen LogP contribution in [0.1, 0.15) is 37.9 Å². The van der Waals surface area contributed by atoms with Gasteiger partial charge in [0.25, 0.3) is 11.8 Å². The van der Waals surface area contributed by atoms with Gasteiger partial charge in [-0.1, -0.05) is 91.0 Å². The van der Waals surface area contributed by atoms with Crippen LogP contribution in [-0.2, 0) is 0 Å². The molecule has 0 saturated carbocycles. The van der Waals surface area contributed by atoms with E-state index in [1.807, 2.05) is 47.4 Å². The van der Waals surface area contributed by atoms with Crippen LogP contribution in [0.15, 0.2) is 115 Å². The van der Waals surface area contributed by atoms with Crippen molar-refractivity contribution >= 4 is 17.5 Å². The summed E-state index contributed by atoms with van der Waals surface area (Å²) in [7, 11) is 0. The molecule has 5 heteroatoms. The minimum absolute atomic E-state index is 0.0606. The number of nitrogens with zero attached hydrogens (tertiary/aromatic N) is 2. The number of anilines is 1. The van der Waals surface area contributed by atoms with E-state index in [1.54, 1.807) is 24.3 Å². The summed E-state index contributed by atoms with van der Waals surface area (Å²) >= 11 is 0. The summed E-state index contributed by atoms with van der Waals surface area (Å²) < 4.78 is 0. The van der Waals surface area contributed by atoms with Crippen LogP contribution in [0.3, 0.4) is 0 Å². The van der Waals surface area contributed by atoms with Gasteiger partial charge in [0.1, 0.15) is 0 Å². The fourth-order valence-corrected chi connectivity index (χ4v) is 4.80. The SMILES string of the molecule is O=C(Nc1ccccc1C(=O)N1CCN(C(c2ccccc2)c2ccccc2)CC1)c1ccccc1. The third kappa shape index (κ3) is 5.21. The molecule has 4 aromatic carbocycles. The first-order valence-corrected chi connectivity index (χ1v) is 12.3. The molecule has 180 valence electrons. The van der Waals surface area contributed by atoms with E-state index < -0.39 is 0 Å². The maximum absolute atomic E-state index is 13.5. The maximum Gasteiger partial charge on any atom is 0.256 e. The van der Waals surface area contributed by atoms with Gasteiger partial charge < -0.3 is 10.2 Å². The van der Waals surface area contributed by atoms with E-state index >= 15 is 0 Å². The highest BCUT2D eigenvalue weighted by molar-refractivity contribution is 6.09. The molecule has 0 aromatic heterocycles. The minimum atomic E-state index is -0.228. The first-order chi connectivity index (χ1) is 17.7. The molecule has 1 heterocycles. The molecule has 1 N–H and O–H groups in total. The summed E-state index contributed by atoms with van der Waals surface area (Å²) in [5.41, 5.74) is 4.10. The summed E-state index contributed by atoms with van der Waals surface area (Å²) in [6.45, 7) is 2.77. The van der Waals surface area contributed by atoms with E-state index in [0.717, 1.165) is 13.1 Å². The molecule has 5 rings (SSSR count). The van der Waals surface area contributed by atoms with Gasteiger partial charge >= 0.3 is 0 Å². The lowest BCUT2D eigenvalue weighted by Gasteiger charge is -2.40. The highest BCUT2D eigenvalue weighted by Crippen LogP contribution is 2.30. The number of carbonyl (C=O) groups is 2. The second kappa shape index (κ2) is 11.0. The van der Waals surface area contributed by atoms with E-state index in [4.69, 9.17) is 0 Å². The highest BCUT2D eigenvalue weighted by atomic mass is 16.2. The van der Waals surface area contributed by atoms with E-state index in [-0.39, 0.29) is 17.9 Å². The van der Waals surface area contributed by atoms with Crippen molar-refractivity contribution in [1.82, 2.24) is 9.80 Å². The fourth-order valence-electron chi connectivity index (χ4n) is 4.80. The minimum Gasteiger partial charge on any atom is -0.336 e. The Morgan fingerprint density at radius 1 is 0.611 bits per heavy atom. The Kier molecular flexibility index (Phi) is 7.20. The third-order valence-corrected chi connectivity index (χ3v) is 6.64. The lowest BCUT2D eigenvalue weighted by atomic mass is 9.96.